The van der Waals surface area contributed by atoms with Crippen LogP contribution in [0.4, 0.5) is 0 Å². The second-order valence-electron chi connectivity index (χ2n) is 3.75. The minimum atomic E-state index is -0.257. The number of methoxy groups -OCH3 is 1. The number of esters is 1. The fraction of sp³-hybridized carbons (Fsp3) is 0.231. The number of aromatic nitrogens is 1. The highest BCUT2D eigenvalue weighted by Crippen LogP contribution is 2.25. The standard InChI is InChI=1S/C13H13NO2S/c1-9-8-17-12(13(15)16-2)11(9)7-10-3-5-14-6-4-10/h3-6,8H,7H2,1-2H3. The number of pyridine rings is 1. The topological polar surface area (TPSA) is 39.2 Å². The molecule has 88 valence electrons. The lowest BCUT2D eigenvalue weighted by molar-refractivity contribution is 0.0605. The van der Waals surface area contributed by atoms with E-state index in [1.54, 1.807) is 12.4 Å². The molecule has 0 aliphatic rings. The summed E-state index contributed by atoms with van der Waals surface area (Å²) in [6.45, 7) is 2.01. The minimum absolute atomic E-state index is 0.257. The highest BCUT2D eigenvalue weighted by Gasteiger charge is 2.16. The summed E-state index contributed by atoms with van der Waals surface area (Å²) in [6.07, 6.45) is 4.26. The average molecular weight is 247 g/mol. The van der Waals surface area contributed by atoms with Crippen molar-refractivity contribution in [2.75, 3.05) is 7.11 Å². The third-order valence-corrected chi connectivity index (χ3v) is 3.72. The van der Waals surface area contributed by atoms with Crippen LogP contribution in [0.2, 0.25) is 0 Å². The van der Waals surface area contributed by atoms with Crippen LogP contribution in [0.5, 0.6) is 0 Å². The van der Waals surface area contributed by atoms with E-state index in [4.69, 9.17) is 4.74 Å². The first-order valence-corrected chi connectivity index (χ1v) is 6.14. The summed E-state index contributed by atoms with van der Waals surface area (Å²) < 4.78 is 4.79. The molecule has 2 aromatic rings. The molecule has 17 heavy (non-hydrogen) atoms. The number of ether oxygens (including phenoxy) is 1. The van der Waals surface area contributed by atoms with E-state index in [1.165, 1.54) is 18.4 Å². The summed E-state index contributed by atoms with van der Waals surface area (Å²) in [7, 11) is 1.41. The monoisotopic (exact) mass is 247 g/mol. The average Bonchev–Trinajstić information content (AvgIpc) is 2.72. The highest BCUT2D eigenvalue weighted by molar-refractivity contribution is 7.12. The van der Waals surface area contributed by atoms with E-state index in [-0.39, 0.29) is 5.97 Å². The van der Waals surface area contributed by atoms with Gasteiger partial charge in [-0.25, -0.2) is 4.79 Å². The van der Waals surface area contributed by atoms with Crippen LogP contribution in [0.15, 0.2) is 29.9 Å². The summed E-state index contributed by atoms with van der Waals surface area (Å²) in [5.74, 6) is -0.257. The van der Waals surface area contributed by atoms with E-state index in [9.17, 15) is 4.79 Å². The molecule has 0 atom stereocenters. The predicted octanol–water partition coefficient (Wildman–Crippen LogP) is 2.83. The summed E-state index contributed by atoms with van der Waals surface area (Å²) in [5, 5.41) is 1.99. The Kier molecular flexibility index (Phi) is 3.54. The normalized spacial score (nSPS) is 10.2. The molecule has 2 rings (SSSR count). The molecule has 0 aliphatic carbocycles. The number of carbonyl (C=O) groups excluding carboxylic acids is 1. The molecule has 0 fully saturated rings. The molecule has 2 aromatic heterocycles. The molecule has 3 nitrogen and oxygen atoms in total. The van der Waals surface area contributed by atoms with E-state index in [0.29, 0.717) is 4.88 Å². The molecule has 0 aromatic carbocycles. The number of nitrogens with zero attached hydrogens (tertiary/aromatic N) is 1. The fourth-order valence-electron chi connectivity index (χ4n) is 1.66. The number of thiophene rings is 1. The zero-order chi connectivity index (χ0) is 12.3. The third kappa shape index (κ3) is 2.53. The van der Waals surface area contributed by atoms with E-state index in [1.807, 2.05) is 24.4 Å². The number of hydrogen-bond acceptors (Lipinski definition) is 4. The Morgan fingerprint density at radius 1 is 1.41 bits per heavy atom. The van der Waals surface area contributed by atoms with Crippen LogP contribution in [0.1, 0.15) is 26.4 Å². The van der Waals surface area contributed by atoms with Crippen molar-refractivity contribution >= 4 is 17.3 Å². The molecule has 0 saturated carbocycles. The van der Waals surface area contributed by atoms with Crippen LogP contribution in [-0.4, -0.2) is 18.1 Å². The van der Waals surface area contributed by atoms with Crippen LogP contribution in [-0.2, 0) is 11.2 Å². The maximum atomic E-state index is 11.6. The van der Waals surface area contributed by atoms with Gasteiger partial charge in [-0.05, 0) is 47.5 Å². The smallest absolute Gasteiger partial charge is 0.348 e. The summed E-state index contributed by atoms with van der Waals surface area (Å²) in [5.41, 5.74) is 3.33. The van der Waals surface area contributed by atoms with Gasteiger partial charge in [-0.2, -0.15) is 0 Å². The summed E-state index contributed by atoms with van der Waals surface area (Å²) in [6, 6.07) is 3.91. The maximum absolute atomic E-state index is 11.6. The van der Waals surface area contributed by atoms with Crippen molar-refractivity contribution in [2.45, 2.75) is 13.3 Å². The van der Waals surface area contributed by atoms with Crippen LogP contribution in [0.3, 0.4) is 0 Å². The largest absolute Gasteiger partial charge is 0.465 e. The van der Waals surface area contributed by atoms with Gasteiger partial charge in [-0.1, -0.05) is 0 Å². The van der Waals surface area contributed by atoms with Crippen molar-refractivity contribution in [3.8, 4) is 0 Å². The Hall–Kier alpha value is -1.68. The number of hydrogen-bond donors (Lipinski definition) is 0. The molecular formula is C13H13NO2S. The van der Waals surface area contributed by atoms with Crippen LogP contribution < -0.4 is 0 Å². The first-order chi connectivity index (χ1) is 8.22. The molecular weight excluding hydrogens is 234 g/mol. The van der Waals surface area contributed by atoms with Crippen molar-refractivity contribution in [3.05, 3.63) is 51.5 Å². The van der Waals surface area contributed by atoms with Crippen LogP contribution in [0.25, 0.3) is 0 Å². The quantitative estimate of drug-likeness (QED) is 0.783. The van der Waals surface area contributed by atoms with Gasteiger partial charge in [0, 0.05) is 12.4 Å². The van der Waals surface area contributed by atoms with Crippen molar-refractivity contribution < 1.29 is 9.53 Å². The van der Waals surface area contributed by atoms with Gasteiger partial charge in [0.05, 0.1) is 7.11 Å². The molecule has 0 amide bonds. The molecule has 4 heteroatoms. The summed E-state index contributed by atoms with van der Waals surface area (Å²) >= 11 is 1.44. The molecule has 0 N–H and O–H groups in total. The molecule has 0 spiro atoms. The van der Waals surface area contributed by atoms with Crippen molar-refractivity contribution in [1.29, 1.82) is 0 Å². The SMILES string of the molecule is COC(=O)c1scc(C)c1Cc1ccncc1. The fourth-order valence-corrected chi connectivity index (χ4v) is 2.65. The van der Waals surface area contributed by atoms with Gasteiger partial charge in [-0.15, -0.1) is 11.3 Å². The van der Waals surface area contributed by atoms with E-state index >= 15 is 0 Å². The highest BCUT2D eigenvalue weighted by atomic mass is 32.1. The van der Waals surface area contributed by atoms with Gasteiger partial charge in [0.2, 0.25) is 0 Å². The van der Waals surface area contributed by atoms with Crippen molar-refractivity contribution in [3.63, 3.8) is 0 Å². The van der Waals surface area contributed by atoms with Gasteiger partial charge in [0.15, 0.2) is 0 Å². The first-order valence-electron chi connectivity index (χ1n) is 5.26. The first kappa shape index (κ1) is 11.8. The van der Waals surface area contributed by atoms with Gasteiger partial charge in [-0.3, -0.25) is 4.98 Å². The molecule has 0 bridgehead atoms. The second-order valence-corrected chi connectivity index (χ2v) is 4.63. The lowest BCUT2D eigenvalue weighted by Crippen LogP contribution is -2.03. The van der Waals surface area contributed by atoms with Gasteiger partial charge >= 0.3 is 5.97 Å². The van der Waals surface area contributed by atoms with Gasteiger partial charge in [0.25, 0.3) is 0 Å². The van der Waals surface area contributed by atoms with Crippen LogP contribution in [0, 0.1) is 6.92 Å². The van der Waals surface area contributed by atoms with Crippen molar-refractivity contribution in [2.24, 2.45) is 0 Å². The molecule has 0 aliphatic heterocycles. The zero-order valence-corrected chi connectivity index (χ0v) is 10.6. The predicted molar refractivity (Wildman–Crippen MR) is 67.4 cm³/mol. The molecule has 2 heterocycles. The lowest BCUT2D eigenvalue weighted by Gasteiger charge is -2.04. The third-order valence-electron chi connectivity index (χ3n) is 2.60. The Morgan fingerprint density at radius 3 is 2.76 bits per heavy atom. The Balaban J connectivity index is 2.32. The second kappa shape index (κ2) is 5.10. The molecule has 0 saturated heterocycles. The van der Waals surface area contributed by atoms with E-state index in [2.05, 4.69) is 4.98 Å². The van der Waals surface area contributed by atoms with Crippen LogP contribution >= 0.6 is 11.3 Å². The number of carbonyl (C=O) groups is 1. The maximum Gasteiger partial charge on any atom is 0.348 e. The van der Waals surface area contributed by atoms with Crippen molar-refractivity contribution in [1.82, 2.24) is 4.98 Å². The molecule has 0 radical (unpaired) electrons. The lowest BCUT2D eigenvalue weighted by atomic mass is 10.0. The van der Waals surface area contributed by atoms with E-state index < -0.39 is 0 Å². The Bertz CT molecular complexity index is 519. The summed E-state index contributed by atoms with van der Waals surface area (Å²) in [4.78, 5) is 16.3. The van der Waals surface area contributed by atoms with Gasteiger partial charge in [0.1, 0.15) is 4.88 Å². The number of aryl methyl sites for hydroxylation is 1. The number of rotatable bonds is 3. The van der Waals surface area contributed by atoms with E-state index in [0.717, 1.165) is 23.1 Å². The van der Waals surface area contributed by atoms with Gasteiger partial charge < -0.3 is 4.74 Å². The Morgan fingerprint density at radius 2 is 2.12 bits per heavy atom. The zero-order valence-electron chi connectivity index (χ0n) is 9.77. The molecule has 0 unspecified atom stereocenters. The minimum Gasteiger partial charge on any atom is -0.465 e. The Labute approximate surface area is 104 Å².